The molecule has 1 aliphatic heterocycles. The van der Waals surface area contributed by atoms with E-state index in [0.717, 1.165) is 23.9 Å². The van der Waals surface area contributed by atoms with Gasteiger partial charge in [0.15, 0.2) is 0 Å². The summed E-state index contributed by atoms with van der Waals surface area (Å²) in [6.45, 7) is 3.59. The predicted octanol–water partition coefficient (Wildman–Crippen LogP) is 2.53. The van der Waals surface area contributed by atoms with Crippen molar-refractivity contribution in [3.63, 3.8) is 0 Å². The first kappa shape index (κ1) is 13.7. The van der Waals surface area contributed by atoms with Crippen molar-refractivity contribution >= 4 is 11.6 Å². The average molecular weight is 269 g/mol. The molecule has 0 spiro atoms. The maximum atomic E-state index is 5.85. The topological polar surface area (TPSA) is 38.5 Å². The van der Waals surface area contributed by atoms with Crippen molar-refractivity contribution in [2.24, 2.45) is 5.73 Å². The van der Waals surface area contributed by atoms with Crippen LogP contribution < -0.4 is 10.5 Å². The molecular weight excluding hydrogens is 248 g/mol. The second-order valence-electron chi connectivity index (χ2n) is 4.75. The first-order valence-electron chi connectivity index (χ1n) is 6.62. The van der Waals surface area contributed by atoms with E-state index >= 15 is 0 Å². The molecule has 100 valence electrons. The van der Waals surface area contributed by atoms with Crippen molar-refractivity contribution in [1.29, 1.82) is 0 Å². The summed E-state index contributed by atoms with van der Waals surface area (Å²) in [5.74, 6) is 0.856. The van der Waals surface area contributed by atoms with Crippen LogP contribution >= 0.6 is 11.6 Å². The quantitative estimate of drug-likeness (QED) is 0.892. The maximum Gasteiger partial charge on any atom is 0.119 e. The van der Waals surface area contributed by atoms with Crippen LogP contribution in [-0.2, 0) is 0 Å². The molecule has 0 aromatic heterocycles. The van der Waals surface area contributed by atoms with Gasteiger partial charge in [-0.1, -0.05) is 18.0 Å². The van der Waals surface area contributed by atoms with Crippen LogP contribution in [0.3, 0.4) is 0 Å². The molecule has 1 saturated heterocycles. The van der Waals surface area contributed by atoms with Crippen molar-refractivity contribution in [2.45, 2.75) is 25.3 Å². The van der Waals surface area contributed by atoms with Gasteiger partial charge in [-0.2, -0.15) is 0 Å². The first-order chi connectivity index (χ1) is 8.79. The second-order valence-corrected chi connectivity index (χ2v) is 5.19. The second kappa shape index (κ2) is 6.98. The lowest BCUT2D eigenvalue weighted by molar-refractivity contribution is 0.118. The number of hydrogen-bond donors (Lipinski definition) is 1. The molecule has 0 saturated carbocycles. The minimum atomic E-state index is 0.320. The van der Waals surface area contributed by atoms with Crippen molar-refractivity contribution in [2.75, 3.05) is 26.2 Å². The van der Waals surface area contributed by atoms with Gasteiger partial charge in [0.2, 0.25) is 0 Å². The van der Waals surface area contributed by atoms with Gasteiger partial charge in [-0.05, 0) is 50.2 Å². The zero-order valence-electron chi connectivity index (χ0n) is 10.6. The number of piperidine rings is 1. The summed E-state index contributed by atoms with van der Waals surface area (Å²) in [6.07, 6.45) is 3.89. The molecule has 3 nitrogen and oxygen atoms in total. The van der Waals surface area contributed by atoms with Gasteiger partial charge in [0.25, 0.3) is 0 Å². The zero-order chi connectivity index (χ0) is 12.8. The van der Waals surface area contributed by atoms with Gasteiger partial charge in [0, 0.05) is 11.6 Å². The van der Waals surface area contributed by atoms with E-state index in [1.54, 1.807) is 0 Å². The molecule has 1 aromatic rings. The van der Waals surface area contributed by atoms with E-state index in [4.69, 9.17) is 22.1 Å². The molecule has 1 aliphatic rings. The lowest BCUT2D eigenvalue weighted by Crippen LogP contribution is -2.46. The molecule has 0 bridgehead atoms. The Bertz CT molecular complexity index is 349. The third kappa shape index (κ3) is 3.87. The third-order valence-electron chi connectivity index (χ3n) is 3.44. The molecule has 0 aliphatic carbocycles. The molecule has 1 unspecified atom stereocenters. The third-order valence-corrected chi connectivity index (χ3v) is 3.69. The Balaban J connectivity index is 1.84. The Labute approximate surface area is 114 Å². The first-order valence-corrected chi connectivity index (χ1v) is 7.00. The molecule has 4 heteroatoms. The summed E-state index contributed by atoms with van der Waals surface area (Å²) in [4.78, 5) is 2.44. The average Bonchev–Trinajstić information content (AvgIpc) is 2.43. The van der Waals surface area contributed by atoms with Gasteiger partial charge in [0.1, 0.15) is 12.4 Å². The number of halogens is 1. The predicted molar refractivity (Wildman–Crippen MR) is 75.2 cm³/mol. The van der Waals surface area contributed by atoms with Crippen LogP contribution in [0.25, 0.3) is 0 Å². The normalized spacial score (nSPS) is 18.6. The van der Waals surface area contributed by atoms with Crippen molar-refractivity contribution in [3.8, 4) is 5.75 Å². The molecular formula is C14H21ClN2O. The lowest BCUT2D eigenvalue weighted by Gasteiger charge is -2.33. The van der Waals surface area contributed by atoms with Gasteiger partial charge in [-0.15, -0.1) is 0 Å². The summed E-state index contributed by atoms with van der Waals surface area (Å²) < 4.78 is 5.79. The summed E-state index contributed by atoms with van der Waals surface area (Å²) in [5, 5.41) is 0.730. The van der Waals surface area contributed by atoms with Crippen LogP contribution in [0.4, 0.5) is 0 Å². The Morgan fingerprint density at radius 3 is 2.44 bits per heavy atom. The van der Waals surface area contributed by atoms with Gasteiger partial charge in [-0.3, -0.25) is 4.90 Å². The van der Waals surface area contributed by atoms with Crippen LogP contribution in [0.5, 0.6) is 5.75 Å². The number of hydrogen-bond acceptors (Lipinski definition) is 3. The van der Waals surface area contributed by atoms with Crippen molar-refractivity contribution in [3.05, 3.63) is 29.3 Å². The fourth-order valence-corrected chi connectivity index (χ4v) is 2.46. The van der Waals surface area contributed by atoms with E-state index < -0.39 is 0 Å². The molecule has 2 rings (SSSR count). The number of ether oxygens (including phenoxy) is 1. The van der Waals surface area contributed by atoms with E-state index in [9.17, 15) is 0 Å². The van der Waals surface area contributed by atoms with Crippen LogP contribution in [0.1, 0.15) is 19.3 Å². The lowest BCUT2D eigenvalue weighted by atomic mass is 10.1. The summed E-state index contributed by atoms with van der Waals surface area (Å²) >= 11 is 5.84. The Hall–Kier alpha value is -0.770. The number of nitrogens with two attached hydrogens (primary N) is 1. The minimum absolute atomic E-state index is 0.320. The van der Waals surface area contributed by atoms with Gasteiger partial charge in [-0.25, -0.2) is 0 Å². The van der Waals surface area contributed by atoms with Crippen molar-refractivity contribution < 1.29 is 4.74 Å². The van der Waals surface area contributed by atoms with Crippen LogP contribution in [-0.4, -0.2) is 37.2 Å². The molecule has 1 atom stereocenters. The highest BCUT2D eigenvalue weighted by Gasteiger charge is 2.19. The fraction of sp³-hybridized carbons (Fsp3) is 0.571. The number of benzene rings is 1. The smallest absolute Gasteiger partial charge is 0.119 e. The molecule has 0 amide bonds. The molecule has 18 heavy (non-hydrogen) atoms. The standard InChI is InChI=1S/C14H21ClN2O/c15-12-4-6-14(7-5-12)18-11-13(10-16)17-8-2-1-3-9-17/h4-7,13H,1-3,8-11,16H2. The van der Waals surface area contributed by atoms with E-state index in [-0.39, 0.29) is 0 Å². The highest BCUT2D eigenvalue weighted by Crippen LogP contribution is 2.17. The van der Waals surface area contributed by atoms with E-state index in [0.29, 0.717) is 19.2 Å². The van der Waals surface area contributed by atoms with E-state index in [1.807, 2.05) is 24.3 Å². The minimum Gasteiger partial charge on any atom is -0.492 e. The van der Waals surface area contributed by atoms with E-state index in [2.05, 4.69) is 4.90 Å². The highest BCUT2D eigenvalue weighted by molar-refractivity contribution is 6.30. The monoisotopic (exact) mass is 268 g/mol. The fourth-order valence-electron chi connectivity index (χ4n) is 2.33. The van der Waals surface area contributed by atoms with Crippen LogP contribution in [0.15, 0.2) is 24.3 Å². The largest absolute Gasteiger partial charge is 0.492 e. The summed E-state index contributed by atoms with van der Waals surface area (Å²) in [7, 11) is 0. The molecule has 1 fully saturated rings. The van der Waals surface area contributed by atoms with Crippen LogP contribution in [0.2, 0.25) is 5.02 Å². The molecule has 1 heterocycles. The SMILES string of the molecule is NCC(COc1ccc(Cl)cc1)N1CCCCC1. The molecule has 0 radical (unpaired) electrons. The highest BCUT2D eigenvalue weighted by atomic mass is 35.5. The number of nitrogens with zero attached hydrogens (tertiary/aromatic N) is 1. The Morgan fingerprint density at radius 2 is 1.83 bits per heavy atom. The molecule has 2 N–H and O–H groups in total. The zero-order valence-corrected chi connectivity index (χ0v) is 11.4. The Morgan fingerprint density at radius 1 is 1.17 bits per heavy atom. The molecule has 1 aromatic carbocycles. The van der Waals surface area contributed by atoms with Gasteiger partial charge in [0.05, 0.1) is 6.04 Å². The Kier molecular flexibility index (Phi) is 5.29. The van der Waals surface area contributed by atoms with Crippen LogP contribution in [0, 0.1) is 0 Å². The van der Waals surface area contributed by atoms with Gasteiger partial charge < -0.3 is 10.5 Å². The van der Waals surface area contributed by atoms with E-state index in [1.165, 1.54) is 19.3 Å². The van der Waals surface area contributed by atoms with Gasteiger partial charge >= 0.3 is 0 Å². The number of likely N-dealkylation sites (tertiary alicyclic amines) is 1. The summed E-state index contributed by atoms with van der Waals surface area (Å²) in [6, 6.07) is 7.80. The number of rotatable bonds is 5. The van der Waals surface area contributed by atoms with Crippen molar-refractivity contribution in [1.82, 2.24) is 4.90 Å². The summed E-state index contributed by atoms with van der Waals surface area (Å²) in [5.41, 5.74) is 5.85. The maximum absolute atomic E-state index is 5.85.